The van der Waals surface area contributed by atoms with Gasteiger partial charge >= 0.3 is 0 Å². The maximum atomic E-state index is 12.1. The van der Waals surface area contributed by atoms with Crippen LogP contribution in [0.2, 0.25) is 5.02 Å². The quantitative estimate of drug-likeness (QED) is 0.473. The lowest BCUT2D eigenvalue weighted by Gasteiger charge is -2.15. The van der Waals surface area contributed by atoms with E-state index in [1.165, 1.54) is 6.07 Å². The third kappa shape index (κ3) is 3.41. The standard InChI is InChI=1S/C11H7ClN4O3/c12-8-1-2-10(16(18)19)9(7-8)11(17)15(5-3-13)6-4-14/h1-2,7H,5-6H2. The van der Waals surface area contributed by atoms with Gasteiger partial charge in [0.2, 0.25) is 0 Å². The van der Waals surface area contributed by atoms with Crippen molar-refractivity contribution < 1.29 is 9.72 Å². The lowest BCUT2D eigenvalue weighted by molar-refractivity contribution is -0.385. The van der Waals surface area contributed by atoms with Gasteiger partial charge in [0, 0.05) is 11.1 Å². The summed E-state index contributed by atoms with van der Waals surface area (Å²) in [7, 11) is 0. The fraction of sp³-hybridized carbons (Fsp3) is 0.182. The Hall–Kier alpha value is -2.64. The van der Waals surface area contributed by atoms with Crippen LogP contribution in [0.3, 0.4) is 0 Å². The molecule has 0 aliphatic rings. The average Bonchev–Trinajstić information content (AvgIpc) is 2.37. The molecule has 0 aliphatic heterocycles. The second-order valence-corrected chi connectivity index (χ2v) is 3.83. The van der Waals surface area contributed by atoms with Crippen molar-refractivity contribution in [2.45, 2.75) is 0 Å². The average molecular weight is 279 g/mol. The van der Waals surface area contributed by atoms with Crippen molar-refractivity contribution in [2.24, 2.45) is 0 Å². The first-order valence-electron chi connectivity index (χ1n) is 4.98. The predicted octanol–water partition coefficient (Wildman–Crippen LogP) is 1.74. The minimum absolute atomic E-state index is 0.155. The first kappa shape index (κ1) is 14.4. The molecule has 96 valence electrons. The molecule has 1 aromatic carbocycles. The molecule has 19 heavy (non-hydrogen) atoms. The zero-order valence-electron chi connectivity index (χ0n) is 9.54. The molecule has 0 radical (unpaired) electrons. The molecule has 0 saturated heterocycles. The molecule has 0 saturated carbocycles. The van der Waals surface area contributed by atoms with Crippen molar-refractivity contribution in [2.75, 3.05) is 13.1 Å². The van der Waals surface area contributed by atoms with Gasteiger partial charge in [-0.15, -0.1) is 0 Å². The number of nitriles is 2. The third-order valence-corrected chi connectivity index (χ3v) is 2.43. The van der Waals surface area contributed by atoms with Crippen molar-refractivity contribution in [3.05, 3.63) is 38.9 Å². The van der Waals surface area contributed by atoms with Crippen LogP contribution in [0.5, 0.6) is 0 Å². The first-order chi connectivity index (χ1) is 9.01. The maximum absolute atomic E-state index is 12.1. The molecule has 7 nitrogen and oxygen atoms in total. The van der Waals surface area contributed by atoms with E-state index in [1.54, 1.807) is 12.1 Å². The van der Waals surface area contributed by atoms with Crippen LogP contribution in [0, 0.1) is 32.8 Å². The summed E-state index contributed by atoms with van der Waals surface area (Å²) in [6, 6.07) is 6.97. The van der Waals surface area contributed by atoms with Crippen molar-refractivity contribution in [1.29, 1.82) is 10.5 Å². The molecule has 0 atom stereocenters. The molecule has 0 bridgehead atoms. The summed E-state index contributed by atoms with van der Waals surface area (Å²) in [5.74, 6) is -0.780. The normalized spacial score (nSPS) is 9.21. The van der Waals surface area contributed by atoms with Crippen LogP contribution < -0.4 is 0 Å². The molecular formula is C11H7ClN4O3. The van der Waals surface area contributed by atoms with Gasteiger partial charge in [0.15, 0.2) is 0 Å². The Bertz CT molecular complexity index is 587. The summed E-state index contributed by atoms with van der Waals surface area (Å²) < 4.78 is 0. The van der Waals surface area contributed by atoms with E-state index in [4.69, 9.17) is 22.1 Å². The summed E-state index contributed by atoms with van der Waals surface area (Å²) in [5.41, 5.74) is -0.668. The molecule has 0 aromatic heterocycles. The lowest BCUT2D eigenvalue weighted by Crippen LogP contribution is -2.32. The van der Waals surface area contributed by atoms with Crippen LogP contribution in [-0.2, 0) is 0 Å². The number of benzene rings is 1. The number of hydrogen-bond donors (Lipinski definition) is 0. The van der Waals surface area contributed by atoms with E-state index in [9.17, 15) is 14.9 Å². The maximum Gasteiger partial charge on any atom is 0.282 e. The van der Waals surface area contributed by atoms with Gasteiger partial charge in [0.25, 0.3) is 11.6 Å². The number of amides is 1. The van der Waals surface area contributed by atoms with Gasteiger partial charge in [-0.2, -0.15) is 10.5 Å². The van der Waals surface area contributed by atoms with E-state index >= 15 is 0 Å². The number of hydrogen-bond acceptors (Lipinski definition) is 5. The predicted molar refractivity (Wildman–Crippen MR) is 65.2 cm³/mol. The zero-order chi connectivity index (χ0) is 14.4. The number of halogens is 1. The van der Waals surface area contributed by atoms with Crippen molar-refractivity contribution >= 4 is 23.2 Å². The second-order valence-electron chi connectivity index (χ2n) is 3.40. The van der Waals surface area contributed by atoms with Gasteiger partial charge in [0.1, 0.15) is 18.7 Å². The molecule has 0 spiro atoms. The number of carbonyl (C=O) groups excluding carboxylic acids is 1. The Balaban J connectivity index is 3.24. The van der Waals surface area contributed by atoms with E-state index < -0.39 is 16.5 Å². The molecule has 1 amide bonds. The van der Waals surface area contributed by atoms with E-state index in [0.717, 1.165) is 17.0 Å². The van der Waals surface area contributed by atoms with Crippen molar-refractivity contribution in [1.82, 2.24) is 4.90 Å². The minimum Gasteiger partial charge on any atom is -0.312 e. The molecule has 1 rings (SSSR count). The first-order valence-corrected chi connectivity index (χ1v) is 5.36. The molecule has 0 unspecified atom stereocenters. The summed E-state index contributed by atoms with van der Waals surface area (Å²) in [4.78, 5) is 23.1. The van der Waals surface area contributed by atoms with Crippen molar-refractivity contribution in [3.63, 3.8) is 0 Å². The van der Waals surface area contributed by atoms with E-state index in [0.29, 0.717) is 0 Å². The highest BCUT2D eigenvalue weighted by Crippen LogP contribution is 2.24. The molecular weight excluding hydrogens is 272 g/mol. The zero-order valence-corrected chi connectivity index (χ0v) is 10.3. The minimum atomic E-state index is -0.780. The van der Waals surface area contributed by atoms with Gasteiger partial charge in [-0.1, -0.05) is 11.6 Å². The Labute approximate surface area is 113 Å². The van der Waals surface area contributed by atoms with Crippen molar-refractivity contribution in [3.8, 4) is 12.1 Å². The Morgan fingerprint density at radius 2 is 1.95 bits per heavy atom. The number of nitro benzene ring substituents is 1. The van der Waals surface area contributed by atoms with E-state index in [1.807, 2.05) is 0 Å². The molecule has 8 heteroatoms. The number of rotatable bonds is 4. The lowest BCUT2D eigenvalue weighted by atomic mass is 10.1. The van der Waals surface area contributed by atoms with E-state index in [-0.39, 0.29) is 23.7 Å². The van der Waals surface area contributed by atoms with Crippen LogP contribution in [0.25, 0.3) is 0 Å². The molecule has 0 aliphatic carbocycles. The molecule has 0 fully saturated rings. The molecule has 0 heterocycles. The highest BCUT2D eigenvalue weighted by atomic mass is 35.5. The van der Waals surface area contributed by atoms with Gasteiger partial charge in [-0.25, -0.2) is 0 Å². The number of carbonyl (C=O) groups is 1. The highest BCUT2D eigenvalue weighted by Gasteiger charge is 2.24. The third-order valence-electron chi connectivity index (χ3n) is 2.20. The summed E-state index contributed by atoms with van der Waals surface area (Å²) >= 11 is 5.70. The molecule has 1 aromatic rings. The second kappa shape index (κ2) is 6.34. The van der Waals surface area contributed by atoms with E-state index in [2.05, 4.69) is 0 Å². The molecule has 0 N–H and O–H groups in total. The van der Waals surface area contributed by atoms with Crippen LogP contribution >= 0.6 is 11.6 Å². The fourth-order valence-electron chi connectivity index (χ4n) is 1.38. The van der Waals surface area contributed by atoms with Gasteiger partial charge in [-0.3, -0.25) is 14.9 Å². The number of nitrogens with zero attached hydrogens (tertiary/aromatic N) is 4. The summed E-state index contributed by atoms with van der Waals surface area (Å²) in [6.45, 7) is -0.674. The Kier molecular flexibility index (Phi) is 4.81. The SMILES string of the molecule is N#CCN(CC#N)C(=O)c1cc(Cl)ccc1[N+](=O)[O-]. The van der Waals surface area contributed by atoms with Crippen LogP contribution in [-0.4, -0.2) is 28.8 Å². The summed E-state index contributed by atoms with van der Waals surface area (Å²) in [6.07, 6.45) is 0. The Morgan fingerprint density at radius 3 is 2.42 bits per heavy atom. The van der Waals surface area contributed by atoms with Crippen LogP contribution in [0.4, 0.5) is 5.69 Å². The topological polar surface area (TPSA) is 111 Å². The smallest absolute Gasteiger partial charge is 0.282 e. The Morgan fingerprint density at radius 1 is 1.37 bits per heavy atom. The highest BCUT2D eigenvalue weighted by molar-refractivity contribution is 6.31. The largest absolute Gasteiger partial charge is 0.312 e. The van der Waals surface area contributed by atoms with Crippen LogP contribution in [0.15, 0.2) is 18.2 Å². The monoisotopic (exact) mass is 278 g/mol. The van der Waals surface area contributed by atoms with Gasteiger partial charge in [0.05, 0.1) is 17.1 Å². The fourth-order valence-corrected chi connectivity index (χ4v) is 1.55. The number of nitro groups is 1. The van der Waals surface area contributed by atoms with Gasteiger partial charge in [-0.05, 0) is 12.1 Å². The summed E-state index contributed by atoms with van der Waals surface area (Å²) in [5, 5.41) is 28.2. The van der Waals surface area contributed by atoms with Crippen LogP contribution in [0.1, 0.15) is 10.4 Å². The van der Waals surface area contributed by atoms with Gasteiger partial charge < -0.3 is 4.90 Å².